The largest absolute Gasteiger partial charge is 0.478 e. The van der Waals surface area contributed by atoms with E-state index in [9.17, 15) is 14.0 Å². The van der Waals surface area contributed by atoms with Crippen LogP contribution in [-0.4, -0.2) is 25.2 Å². The van der Waals surface area contributed by atoms with Gasteiger partial charge in [0, 0.05) is 29.6 Å². The standard InChI is InChI=1S/C13H12FNO3S/c1-6-10-9(4-8(11(6)14)15(2)3)19-5-7(12(10)16)13(17)18/h4-5H,1-3H3,(H,17,18). The molecule has 0 aliphatic heterocycles. The molecule has 0 aliphatic rings. The fraction of sp³-hybridized carbons (Fsp3) is 0.231. The van der Waals surface area contributed by atoms with E-state index in [1.165, 1.54) is 12.3 Å². The number of halogens is 1. The van der Waals surface area contributed by atoms with Crippen molar-refractivity contribution in [1.82, 2.24) is 0 Å². The van der Waals surface area contributed by atoms with Gasteiger partial charge < -0.3 is 10.0 Å². The molecule has 0 aliphatic carbocycles. The zero-order valence-corrected chi connectivity index (χ0v) is 11.5. The molecule has 0 spiro atoms. The average Bonchev–Trinajstić information content (AvgIpc) is 2.32. The number of carboxylic acids is 1. The summed E-state index contributed by atoms with van der Waals surface area (Å²) in [5, 5.41) is 10.4. The van der Waals surface area contributed by atoms with Crippen LogP contribution in [0.5, 0.6) is 0 Å². The normalized spacial score (nSPS) is 10.7. The van der Waals surface area contributed by atoms with Crippen LogP contribution in [0.2, 0.25) is 0 Å². The highest BCUT2D eigenvalue weighted by atomic mass is 32.1. The highest BCUT2D eigenvalue weighted by Crippen LogP contribution is 2.29. The number of aromatic carboxylic acids is 1. The van der Waals surface area contributed by atoms with Crippen molar-refractivity contribution in [3.05, 3.63) is 38.6 Å². The average molecular weight is 281 g/mol. The maximum atomic E-state index is 14.2. The number of fused-ring (bicyclic) bond motifs is 1. The van der Waals surface area contributed by atoms with Crippen molar-refractivity contribution in [1.29, 1.82) is 0 Å². The summed E-state index contributed by atoms with van der Waals surface area (Å²) in [5.74, 6) is -1.79. The van der Waals surface area contributed by atoms with Crippen LogP contribution in [-0.2, 0) is 0 Å². The number of carbonyl (C=O) groups is 1. The Kier molecular flexibility index (Phi) is 3.28. The van der Waals surface area contributed by atoms with Crippen LogP contribution in [0.4, 0.5) is 10.1 Å². The number of benzene rings is 1. The zero-order chi connectivity index (χ0) is 14.3. The van der Waals surface area contributed by atoms with E-state index in [4.69, 9.17) is 5.11 Å². The second-order valence-electron chi connectivity index (χ2n) is 4.39. The fourth-order valence-corrected chi connectivity index (χ4v) is 2.90. The summed E-state index contributed by atoms with van der Waals surface area (Å²) in [6.07, 6.45) is 0. The number of nitrogens with zero attached hydrogens (tertiary/aromatic N) is 1. The Bertz CT molecular complexity index is 737. The second-order valence-corrected chi connectivity index (χ2v) is 5.30. The second kappa shape index (κ2) is 4.62. The topological polar surface area (TPSA) is 57.6 Å². The molecule has 0 radical (unpaired) electrons. The lowest BCUT2D eigenvalue weighted by atomic mass is 10.1. The summed E-state index contributed by atoms with van der Waals surface area (Å²) < 4.78 is 14.8. The molecule has 19 heavy (non-hydrogen) atoms. The number of rotatable bonds is 2. The Hall–Kier alpha value is -1.95. The Balaban J connectivity index is 2.94. The first-order chi connectivity index (χ1) is 8.84. The van der Waals surface area contributed by atoms with Crippen molar-refractivity contribution in [2.75, 3.05) is 19.0 Å². The summed E-state index contributed by atoms with van der Waals surface area (Å²) in [6, 6.07) is 1.56. The minimum Gasteiger partial charge on any atom is -0.478 e. The van der Waals surface area contributed by atoms with Crippen molar-refractivity contribution in [3.8, 4) is 0 Å². The molecule has 0 saturated heterocycles. The van der Waals surface area contributed by atoms with Gasteiger partial charge in [0.2, 0.25) is 5.43 Å². The molecule has 2 rings (SSSR count). The van der Waals surface area contributed by atoms with E-state index < -0.39 is 17.2 Å². The van der Waals surface area contributed by atoms with E-state index >= 15 is 0 Å². The molecular weight excluding hydrogens is 269 g/mol. The monoisotopic (exact) mass is 281 g/mol. The van der Waals surface area contributed by atoms with Gasteiger partial charge in [-0.2, -0.15) is 0 Å². The van der Waals surface area contributed by atoms with E-state index in [0.29, 0.717) is 10.4 Å². The summed E-state index contributed by atoms with van der Waals surface area (Å²) >= 11 is 1.13. The van der Waals surface area contributed by atoms with E-state index in [0.717, 1.165) is 11.3 Å². The minimum atomic E-state index is -1.29. The fourth-order valence-electron chi connectivity index (χ4n) is 1.91. The summed E-state index contributed by atoms with van der Waals surface area (Å²) in [5.41, 5.74) is -0.394. The molecule has 1 aromatic heterocycles. The predicted molar refractivity (Wildman–Crippen MR) is 74.1 cm³/mol. The van der Waals surface area contributed by atoms with Crippen LogP contribution in [0, 0.1) is 12.7 Å². The van der Waals surface area contributed by atoms with Crippen LogP contribution in [0.15, 0.2) is 16.2 Å². The van der Waals surface area contributed by atoms with Crippen LogP contribution in [0.25, 0.3) is 10.1 Å². The molecule has 4 nitrogen and oxygen atoms in total. The Morgan fingerprint density at radius 2 is 2.05 bits per heavy atom. The van der Waals surface area contributed by atoms with Gasteiger partial charge in [0.1, 0.15) is 11.4 Å². The molecule has 1 aromatic carbocycles. The predicted octanol–water partition coefficient (Wildman–Crippen LogP) is 2.47. The van der Waals surface area contributed by atoms with Crippen molar-refractivity contribution >= 4 is 33.1 Å². The quantitative estimate of drug-likeness (QED) is 0.918. The van der Waals surface area contributed by atoms with Crippen LogP contribution in [0.3, 0.4) is 0 Å². The molecular formula is C13H12FNO3S. The summed E-state index contributed by atoms with van der Waals surface area (Å²) in [7, 11) is 3.41. The van der Waals surface area contributed by atoms with Gasteiger partial charge in [0.15, 0.2) is 0 Å². The van der Waals surface area contributed by atoms with Gasteiger partial charge in [-0.15, -0.1) is 11.3 Å². The number of hydrogen-bond donors (Lipinski definition) is 1. The third kappa shape index (κ3) is 2.08. The molecule has 0 fully saturated rings. The third-order valence-electron chi connectivity index (χ3n) is 2.93. The van der Waals surface area contributed by atoms with E-state index in [2.05, 4.69) is 0 Å². The number of carboxylic acid groups (broad SMARTS) is 1. The molecule has 1 N–H and O–H groups in total. The Morgan fingerprint density at radius 3 is 2.58 bits per heavy atom. The summed E-state index contributed by atoms with van der Waals surface area (Å²) in [6.45, 7) is 1.49. The van der Waals surface area contributed by atoms with Gasteiger partial charge in [0.25, 0.3) is 0 Å². The maximum absolute atomic E-state index is 14.2. The number of aryl methyl sites for hydroxylation is 1. The molecule has 100 valence electrons. The highest BCUT2D eigenvalue weighted by Gasteiger charge is 2.18. The molecule has 0 atom stereocenters. The van der Waals surface area contributed by atoms with Crippen LogP contribution in [0.1, 0.15) is 15.9 Å². The SMILES string of the molecule is Cc1c(F)c(N(C)C)cc2scc(C(=O)O)c(=O)c12. The molecule has 6 heteroatoms. The molecule has 0 saturated carbocycles. The Morgan fingerprint density at radius 1 is 1.42 bits per heavy atom. The lowest BCUT2D eigenvalue weighted by Crippen LogP contribution is -2.16. The first-order valence-corrected chi connectivity index (χ1v) is 6.37. The van der Waals surface area contributed by atoms with Gasteiger partial charge in [0.05, 0.1) is 5.69 Å². The summed E-state index contributed by atoms with van der Waals surface area (Å²) in [4.78, 5) is 24.6. The van der Waals surface area contributed by atoms with Crippen LogP contribution < -0.4 is 10.3 Å². The third-order valence-corrected chi connectivity index (χ3v) is 3.86. The first kappa shape index (κ1) is 13.5. The highest BCUT2D eigenvalue weighted by molar-refractivity contribution is 7.16. The molecule has 2 aromatic rings. The Labute approximate surface area is 112 Å². The van der Waals surface area contributed by atoms with E-state index in [1.54, 1.807) is 25.1 Å². The lowest BCUT2D eigenvalue weighted by Gasteiger charge is -2.16. The molecule has 0 unspecified atom stereocenters. The van der Waals surface area contributed by atoms with Crippen molar-refractivity contribution < 1.29 is 14.3 Å². The lowest BCUT2D eigenvalue weighted by molar-refractivity contribution is 0.0696. The maximum Gasteiger partial charge on any atom is 0.340 e. The van der Waals surface area contributed by atoms with Crippen molar-refractivity contribution in [2.45, 2.75) is 6.92 Å². The van der Waals surface area contributed by atoms with E-state index in [1.807, 2.05) is 0 Å². The minimum absolute atomic E-state index is 0.146. The molecule has 0 bridgehead atoms. The smallest absolute Gasteiger partial charge is 0.340 e. The van der Waals surface area contributed by atoms with E-state index in [-0.39, 0.29) is 16.5 Å². The number of hydrogen-bond acceptors (Lipinski definition) is 4. The van der Waals surface area contributed by atoms with Gasteiger partial charge in [-0.05, 0) is 18.6 Å². The number of anilines is 1. The van der Waals surface area contributed by atoms with Crippen LogP contribution >= 0.6 is 11.3 Å². The molecule has 1 heterocycles. The zero-order valence-electron chi connectivity index (χ0n) is 10.7. The van der Waals surface area contributed by atoms with Gasteiger partial charge >= 0.3 is 5.97 Å². The van der Waals surface area contributed by atoms with Crippen molar-refractivity contribution in [2.24, 2.45) is 0 Å². The van der Waals surface area contributed by atoms with Gasteiger partial charge in [-0.1, -0.05) is 0 Å². The first-order valence-electron chi connectivity index (χ1n) is 5.49. The van der Waals surface area contributed by atoms with Crippen molar-refractivity contribution in [3.63, 3.8) is 0 Å². The van der Waals surface area contributed by atoms with Gasteiger partial charge in [-0.3, -0.25) is 4.79 Å². The van der Waals surface area contributed by atoms with Gasteiger partial charge in [-0.25, -0.2) is 9.18 Å². The molecule has 0 amide bonds.